The SMILES string of the molecule is FC(F)(F)c1csc(C(F)(F)F)n1. The summed E-state index contributed by atoms with van der Waals surface area (Å²) in [5.74, 6) is 0. The minimum atomic E-state index is -4.82. The summed E-state index contributed by atoms with van der Waals surface area (Å²) >= 11 is -0.0728. The molecule has 1 rings (SSSR count). The van der Waals surface area contributed by atoms with Gasteiger partial charge in [0.25, 0.3) is 0 Å². The molecule has 1 nitrogen and oxygen atoms in total. The number of halogens is 6. The molecule has 0 atom stereocenters. The first kappa shape index (κ1) is 10.3. The van der Waals surface area contributed by atoms with Gasteiger partial charge in [0.15, 0.2) is 10.7 Å². The van der Waals surface area contributed by atoms with Crippen LogP contribution in [0.4, 0.5) is 26.3 Å². The van der Waals surface area contributed by atoms with Crippen molar-refractivity contribution in [2.75, 3.05) is 0 Å². The molecule has 0 saturated heterocycles. The molecule has 0 aliphatic carbocycles. The molecule has 74 valence electrons. The smallest absolute Gasteiger partial charge is 0.228 e. The van der Waals surface area contributed by atoms with Gasteiger partial charge in [-0.1, -0.05) is 0 Å². The van der Waals surface area contributed by atoms with Crippen molar-refractivity contribution in [1.29, 1.82) is 0 Å². The van der Waals surface area contributed by atoms with E-state index in [1.165, 1.54) is 0 Å². The Balaban J connectivity index is 3.01. The van der Waals surface area contributed by atoms with Crippen molar-refractivity contribution < 1.29 is 26.3 Å². The largest absolute Gasteiger partial charge is 0.443 e. The van der Waals surface area contributed by atoms with E-state index >= 15 is 0 Å². The third-order valence-corrected chi connectivity index (χ3v) is 1.92. The number of hydrogen-bond donors (Lipinski definition) is 0. The first-order valence-corrected chi connectivity index (χ1v) is 3.69. The summed E-state index contributed by atoms with van der Waals surface area (Å²) in [4.78, 5) is 2.42. The van der Waals surface area contributed by atoms with Gasteiger partial charge in [0.2, 0.25) is 0 Å². The van der Waals surface area contributed by atoms with Gasteiger partial charge in [0.1, 0.15) is 0 Å². The highest BCUT2D eigenvalue weighted by atomic mass is 32.1. The van der Waals surface area contributed by atoms with Crippen molar-refractivity contribution in [1.82, 2.24) is 4.98 Å². The van der Waals surface area contributed by atoms with E-state index < -0.39 is 23.1 Å². The van der Waals surface area contributed by atoms with Crippen LogP contribution in [0.2, 0.25) is 0 Å². The highest BCUT2D eigenvalue weighted by Gasteiger charge is 2.40. The maximum Gasteiger partial charge on any atom is 0.443 e. The van der Waals surface area contributed by atoms with Crippen molar-refractivity contribution >= 4 is 11.3 Å². The molecule has 1 heterocycles. The van der Waals surface area contributed by atoms with E-state index in [-0.39, 0.29) is 11.3 Å². The summed E-state index contributed by atoms with van der Waals surface area (Å²) in [5.41, 5.74) is -1.51. The van der Waals surface area contributed by atoms with Gasteiger partial charge in [0, 0.05) is 5.38 Å². The minimum Gasteiger partial charge on any atom is -0.228 e. The van der Waals surface area contributed by atoms with Gasteiger partial charge in [-0.2, -0.15) is 26.3 Å². The highest BCUT2D eigenvalue weighted by molar-refractivity contribution is 7.09. The van der Waals surface area contributed by atoms with Crippen LogP contribution in [0.1, 0.15) is 10.7 Å². The summed E-state index contributed by atoms with van der Waals surface area (Å²) in [5, 5.41) is -1.15. The minimum absolute atomic E-state index is 0.0728. The van der Waals surface area contributed by atoms with Crippen LogP contribution < -0.4 is 0 Å². The first-order valence-electron chi connectivity index (χ1n) is 2.81. The molecule has 0 saturated carbocycles. The molecule has 8 heteroatoms. The standard InChI is InChI=1S/C5HF6NS/c6-4(7,8)2-1-13-3(12-2)5(9,10)11/h1H. The molecule has 0 amide bonds. The normalized spacial score (nSPS) is 13.4. The predicted molar refractivity (Wildman–Crippen MR) is 32.1 cm³/mol. The summed E-state index contributed by atoms with van der Waals surface area (Å²) < 4.78 is 70.6. The van der Waals surface area contributed by atoms with E-state index in [4.69, 9.17) is 0 Å². The molecule has 0 fully saturated rings. The number of aromatic nitrogens is 1. The number of hydrogen-bond acceptors (Lipinski definition) is 2. The Morgan fingerprint density at radius 1 is 1.00 bits per heavy atom. The molecule has 0 radical (unpaired) electrons. The van der Waals surface area contributed by atoms with E-state index in [1.54, 1.807) is 0 Å². The Morgan fingerprint density at radius 3 is 1.77 bits per heavy atom. The van der Waals surface area contributed by atoms with Crippen LogP contribution in [-0.4, -0.2) is 4.98 Å². The Bertz CT molecular complexity index is 268. The zero-order valence-corrected chi connectivity index (χ0v) is 6.52. The molecule has 1 aromatic heterocycles. The quantitative estimate of drug-likeness (QED) is 0.613. The second-order valence-electron chi connectivity index (χ2n) is 2.03. The molecule has 1 aromatic rings. The summed E-state index contributed by atoms with van der Waals surface area (Å²) in [7, 11) is 0. The van der Waals surface area contributed by atoms with Crippen molar-refractivity contribution in [2.45, 2.75) is 12.4 Å². The number of nitrogens with zero attached hydrogens (tertiary/aromatic N) is 1. The van der Waals surface area contributed by atoms with E-state index in [0.29, 0.717) is 5.38 Å². The fourth-order valence-electron chi connectivity index (χ4n) is 0.534. The summed E-state index contributed by atoms with van der Waals surface area (Å²) in [6, 6.07) is 0. The van der Waals surface area contributed by atoms with Crippen LogP contribution in [0.25, 0.3) is 0 Å². The number of rotatable bonds is 0. The lowest BCUT2D eigenvalue weighted by Gasteiger charge is -2.01. The van der Waals surface area contributed by atoms with E-state index in [0.717, 1.165) is 0 Å². The van der Waals surface area contributed by atoms with Gasteiger partial charge in [0.05, 0.1) is 0 Å². The van der Waals surface area contributed by atoms with Gasteiger partial charge >= 0.3 is 12.4 Å². The second kappa shape index (κ2) is 2.86. The van der Waals surface area contributed by atoms with Crippen molar-refractivity contribution in [3.05, 3.63) is 16.1 Å². The molecule has 0 bridgehead atoms. The van der Waals surface area contributed by atoms with Crippen molar-refractivity contribution in [2.24, 2.45) is 0 Å². The summed E-state index contributed by atoms with van der Waals surface area (Å²) in [6.07, 6.45) is -9.63. The first-order chi connectivity index (χ1) is 5.71. The van der Waals surface area contributed by atoms with Crippen LogP contribution in [-0.2, 0) is 12.4 Å². The average Bonchev–Trinajstić information content (AvgIpc) is 2.28. The zero-order chi connectivity index (χ0) is 10.3. The van der Waals surface area contributed by atoms with Gasteiger partial charge < -0.3 is 0 Å². The molecule has 0 unspecified atom stereocenters. The third kappa shape index (κ3) is 2.33. The van der Waals surface area contributed by atoms with Gasteiger partial charge in [-0.05, 0) is 0 Å². The predicted octanol–water partition coefficient (Wildman–Crippen LogP) is 3.18. The number of alkyl halides is 6. The van der Waals surface area contributed by atoms with Gasteiger partial charge in [-0.15, -0.1) is 11.3 Å². The van der Waals surface area contributed by atoms with Crippen LogP contribution in [0, 0.1) is 0 Å². The lowest BCUT2D eigenvalue weighted by molar-refractivity contribution is -0.146. The second-order valence-corrected chi connectivity index (χ2v) is 2.89. The Labute approximate surface area is 72.0 Å². The maximum absolute atomic E-state index is 11.8. The van der Waals surface area contributed by atoms with Crippen molar-refractivity contribution in [3.63, 3.8) is 0 Å². The van der Waals surface area contributed by atoms with E-state index in [1.807, 2.05) is 0 Å². The van der Waals surface area contributed by atoms with E-state index in [2.05, 4.69) is 4.98 Å². The number of thiazole rings is 1. The molecular weight excluding hydrogens is 220 g/mol. The fourth-order valence-corrected chi connectivity index (χ4v) is 1.23. The topological polar surface area (TPSA) is 12.9 Å². The monoisotopic (exact) mass is 221 g/mol. The van der Waals surface area contributed by atoms with Crippen molar-refractivity contribution in [3.8, 4) is 0 Å². The molecule has 0 aliphatic rings. The molecular formula is C5HF6NS. The Kier molecular flexibility index (Phi) is 2.27. The van der Waals surface area contributed by atoms with Crippen LogP contribution in [0.5, 0.6) is 0 Å². The molecule has 0 spiro atoms. The maximum atomic E-state index is 11.8. The van der Waals surface area contributed by atoms with Crippen LogP contribution in [0.15, 0.2) is 5.38 Å². The summed E-state index contributed by atoms with van der Waals surface area (Å²) in [6.45, 7) is 0. The molecule has 0 aliphatic heterocycles. The molecule has 0 aromatic carbocycles. The average molecular weight is 221 g/mol. The van der Waals surface area contributed by atoms with Crippen LogP contribution >= 0.6 is 11.3 Å². The van der Waals surface area contributed by atoms with Gasteiger partial charge in [-0.3, -0.25) is 0 Å². The lowest BCUT2D eigenvalue weighted by Crippen LogP contribution is -2.09. The lowest BCUT2D eigenvalue weighted by atomic mass is 10.5. The van der Waals surface area contributed by atoms with Gasteiger partial charge in [-0.25, -0.2) is 4.98 Å². The molecule has 0 N–H and O–H groups in total. The Hall–Kier alpha value is -0.790. The highest BCUT2D eigenvalue weighted by Crippen LogP contribution is 2.36. The Morgan fingerprint density at radius 2 is 1.54 bits per heavy atom. The van der Waals surface area contributed by atoms with Crippen LogP contribution in [0.3, 0.4) is 0 Å². The fraction of sp³-hybridized carbons (Fsp3) is 0.400. The van der Waals surface area contributed by atoms with E-state index in [9.17, 15) is 26.3 Å². The third-order valence-electron chi connectivity index (χ3n) is 1.04. The zero-order valence-electron chi connectivity index (χ0n) is 5.70. The molecule has 13 heavy (non-hydrogen) atoms.